The molecule has 0 aliphatic heterocycles. The number of methoxy groups -OCH3 is 1. The van der Waals surface area contributed by atoms with Crippen molar-refractivity contribution in [1.82, 2.24) is 0 Å². The van der Waals surface area contributed by atoms with Gasteiger partial charge in [-0.25, -0.2) is 4.79 Å². The predicted molar refractivity (Wildman–Crippen MR) is 119 cm³/mol. The molecular formula is C23H30N2O6. The van der Waals surface area contributed by atoms with E-state index in [1.54, 1.807) is 63.2 Å². The lowest BCUT2D eigenvalue weighted by atomic mass is 10.1. The number of amides is 2. The van der Waals surface area contributed by atoms with Crippen molar-refractivity contribution in [2.75, 3.05) is 37.6 Å². The van der Waals surface area contributed by atoms with Crippen LogP contribution >= 0.6 is 0 Å². The number of ether oxygens (including phenoxy) is 4. The van der Waals surface area contributed by atoms with Crippen LogP contribution in [0.25, 0.3) is 0 Å². The minimum Gasteiger partial charge on any atom is -0.495 e. The zero-order valence-electron chi connectivity index (χ0n) is 18.6. The Kier molecular flexibility index (Phi) is 8.69. The number of carbonyl (C=O) groups is 2. The molecule has 0 bridgehead atoms. The Bertz CT molecular complexity index is 892. The number of hydrogen-bond acceptors (Lipinski definition) is 6. The Labute approximate surface area is 182 Å². The number of anilines is 2. The normalized spacial score (nSPS) is 10.9. The van der Waals surface area contributed by atoms with Crippen LogP contribution in [0.4, 0.5) is 16.2 Å². The highest BCUT2D eigenvalue weighted by Crippen LogP contribution is 2.29. The number of nitrogens with one attached hydrogen (secondary N) is 2. The van der Waals surface area contributed by atoms with Gasteiger partial charge >= 0.3 is 6.09 Å². The highest BCUT2D eigenvalue weighted by molar-refractivity contribution is 6.06. The standard InChI is InChI=1S/C23H30N2O6/c1-6-29-13-14-30-19-10-8-7-9-17(19)21(26)24-16-11-12-20(28-5)18(15-16)25-22(27)31-23(2,3)4/h7-12,15H,6,13-14H2,1-5H3,(H,24,26)(H,25,27). The molecule has 0 atom stereocenters. The van der Waals surface area contributed by atoms with Gasteiger partial charge in [0.2, 0.25) is 0 Å². The molecule has 0 saturated heterocycles. The average Bonchev–Trinajstić information content (AvgIpc) is 2.70. The topological polar surface area (TPSA) is 95.1 Å². The van der Waals surface area contributed by atoms with Crippen LogP contribution in [0, 0.1) is 0 Å². The second-order valence-corrected chi connectivity index (χ2v) is 7.54. The molecule has 2 aromatic carbocycles. The zero-order valence-corrected chi connectivity index (χ0v) is 18.6. The lowest BCUT2D eigenvalue weighted by molar-refractivity contribution is 0.0635. The molecule has 2 amide bonds. The molecule has 0 aromatic heterocycles. The van der Waals surface area contributed by atoms with Crippen molar-refractivity contribution in [3.8, 4) is 11.5 Å². The summed E-state index contributed by atoms with van der Waals surface area (Å²) in [4.78, 5) is 25.0. The summed E-state index contributed by atoms with van der Waals surface area (Å²) < 4.78 is 21.5. The van der Waals surface area contributed by atoms with Crippen molar-refractivity contribution < 1.29 is 28.5 Å². The van der Waals surface area contributed by atoms with Crippen molar-refractivity contribution in [3.63, 3.8) is 0 Å². The third-order valence-corrected chi connectivity index (χ3v) is 3.91. The van der Waals surface area contributed by atoms with Gasteiger partial charge in [-0.1, -0.05) is 12.1 Å². The largest absolute Gasteiger partial charge is 0.495 e. The van der Waals surface area contributed by atoms with E-state index in [0.717, 1.165) is 0 Å². The molecule has 0 aliphatic rings. The van der Waals surface area contributed by atoms with Crippen molar-refractivity contribution in [2.24, 2.45) is 0 Å². The Morgan fingerprint density at radius 2 is 1.71 bits per heavy atom. The van der Waals surface area contributed by atoms with Crippen LogP contribution in [0.5, 0.6) is 11.5 Å². The summed E-state index contributed by atoms with van der Waals surface area (Å²) in [5.41, 5.74) is 0.586. The van der Waals surface area contributed by atoms with E-state index in [1.807, 2.05) is 6.92 Å². The Hall–Kier alpha value is -3.26. The lowest BCUT2D eigenvalue weighted by Crippen LogP contribution is -2.27. The highest BCUT2D eigenvalue weighted by atomic mass is 16.6. The van der Waals surface area contributed by atoms with E-state index in [9.17, 15) is 9.59 Å². The van der Waals surface area contributed by atoms with Gasteiger partial charge in [0.1, 0.15) is 23.7 Å². The summed E-state index contributed by atoms with van der Waals surface area (Å²) >= 11 is 0. The van der Waals surface area contributed by atoms with E-state index in [0.29, 0.717) is 48.3 Å². The highest BCUT2D eigenvalue weighted by Gasteiger charge is 2.18. The molecule has 0 fully saturated rings. The molecule has 8 nitrogen and oxygen atoms in total. The molecule has 31 heavy (non-hydrogen) atoms. The lowest BCUT2D eigenvalue weighted by Gasteiger charge is -2.20. The molecule has 0 spiro atoms. The van der Waals surface area contributed by atoms with Crippen molar-refractivity contribution in [3.05, 3.63) is 48.0 Å². The molecule has 2 aromatic rings. The fraction of sp³-hybridized carbons (Fsp3) is 0.391. The fourth-order valence-corrected chi connectivity index (χ4v) is 2.63. The van der Waals surface area contributed by atoms with Crippen molar-refractivity contribution in [2.45, 2.75) is 33.3 Å². The van der Waals surface area contributed by atoms with Crippen molar-refractivity contribution >= 4 is 23.4 Å². The molecule has 0 saturated carbocycles. The number of carbonyl (C=O) groups excluding carboxylic acids is 2. The third-order valence-electron chi connectivity index (χ3n) is 3.91. The SMILES string of the molecule is CCOCCOc1ccccc1C(=O)Nc1ccc(OC)c(NC(=O)OC(C)(C)C)c1. The second-order valence-electron chi connectivity index (χ2n) is 7.54. The number of benzene rings is 2. The molecule has 0 radical (unpaired) electrons. The van der Waals surface area contributed by atoms with Gasteiger partial charge < -0.3 is 24.3 Å². The maximum absolute atomic E-state index is 12.8. The smallest absolute Gasteiger partial charge is 0.412 e. The van der Waals surface area contributed by atoms with Crippen LogP contribution in [-0.4, -0.2) is 44.5 Å². The van der Waals surface area contributed by atoms with E-state index in [4.69, 9.17) is 18.9 Å². The van der Waals surface area contributed by atoms with Crippen molar-refractivity contribution in [1.29, 1.82) is 0 Å². The number of hydrogen-bond donors (Lipinski definition) is 2. The summed E-state index contributed by atoms with van der Waals surface area (Å²) in [5.74, 6) is 0.546. The number of para-hydroxylation sites is 1. The van der Waals surface area contributed by atoms with Crippen LogP contribution in [0.15, 0.2) is 42.5 Å². The minimum atomic E-state index is -0.644. The van der Waals surface area contributed by atoms with Crippen LogP contribution in [-0.2, 0) is 9.47 Å². The average molecular weight is 431 g/mol. The second kappa shape index (κ2) is 11.2. The molecule has 0 aliphatic carbocycles. The molecule has 168 valence electrons. The van der Waals surface area contributed by atoms with E-state index in [2.05, 4.69) is 10.6 Å². The zero-order chi connectivity index (χ0) is 22.9. The van der Waals surface area contributed by atoms with Gasteiger partial charge in [0, 0.05) is 12.3 Å². The summed E-state index contributed by atoms with van der Waals surface area (Å²) in [7, 11) is 1.49. The molecule has 8 heteroatoms. The predicted octanol–water partition coefficient (Wildman–Crippen LogP) is 4.71. The summed E-state index contributed by atoms with van der Waals surface area (Å²) in [5, 5.41) is 5.46. The van der Waals surface area contributed by atoms with Crippen LogP contribution < -0.4 is 20.1 Å². The maximum Gasteiger partial charge on any atom is 0.412 e. The van der Waals surface area contributed by atoms with Gasteiger partial charge in [-0.05, 0) is 58.0 Å². The molecule has 0 unspecified atom stereocenters. The quantitative estimate of drug-likeness (QED) is 0.560. The van der Waals surface area contributed by atoms with Crippen LogP contribution in [0.1, 0.15) is 38.1 Å². The fourth-order valence-electron chi connectivity index (χ4n) is 2.63. The van der Waals surface area contributed by atoms with Gasteiger partial charge in [-0.3, -0.25) is 10.1 Å². The Balaban J connectivity index is 2.14. The Morgan fingerprint density at radius 3 is 2.39 bits per heavy atom. The molecular weight excluding hydrogens is 400 g/mol. The van der Waals surface area contributed by atoms with Crippen LogP contribution in [0.2, 0.25) is 0 Å². The summed E-state index contributed by atoms with van der Waals surface area (Å²) in [6, 6.07) is 11.9. The van der Waals surface area contributed by atoms with Crippen LogP contribution in [0.3, 0.4) is 0 Å². The summed E-state index contributed by atoms with van der Waals surface area (Å²) in [6.45, 7) is 8.59. The van der Waals surface area contributed by atoms with Gasteiger partial charge in [-0.15, -0.1) is 0 Å². The van der Waals surface area contributed by atoms with E-state index in [-0.39, 0.29) is 5.91 Å². The van der Waals surface area contributed by atoms with Gasteiger partial charge in [0.25, 0.3) is 5.91 Å². The van der Waals surface area contributed by atoms with E-state index in [1.165, 1.54) is 7.11 Å². The molecule has 2 rings (SSSR count). The first-order valence-corrected chi connectivity index (χ1v) is 10.0. The van der Waals surface area contributed by atoms with E-state index < -0.39 is 11.7 Å². The monoisotopic (exact) mass is 430 g/mol. The maximum atomic E-state index is 12.8. The van der Waals surface area contributed by atoms with Gasteiger partial charge in [-0.2, -0.15) is 0 Å². The van der Waals surface area contributed by atoms with Gasteiger partial charge in [0.05, 0.1) is 25.0 Å². The molecule has 2 N–H and O–H groups in total. The van der Waals surface area contributed by atoms with Gasteiger partial charge in [0.15, 0.2) is 0 Å². The number of rotatable bonds is 9. The van der Waals surface area contributed by atoms with E-state index >= 15 is 0 Å². The first kappa shape index (κ1) is 24.0. The summed E-state index contributed by atoms with van der Waals surface area (Å²) in [6.07, 6.45) is -0.623. The first-order valence-electron chi connectivity index (χ1n) is 10.0. The first-order chi connectivity index (χ1) is 14.7. The molecule has 0 heterocycles. The Morgan fingerprint density at radius 1 is 0.968 bits per heavy atom. The minimum absolute atomic E-state index is 0.338. The third kappa shape index (κ3) is 7.82.